The van der Waals surface area contributed by atoms with Crippen molar-refractivity contribution in [3.05, 3.63) is 71.3 Å². The van der Waals surface area contributed by atoms with Gasteiger partial charge in [0, 0.05) is 17.0 Å². The Morgan fingerprint density at radius 2 is 1.60 bits per heavy atom. The van der Waals surface area contributed by atoms with E-state index in [0.717, 1.165) is 11.6 Å². The average Bonchev–Trinajstić information content (AvgIpc) is 2.45. The van der Waals surface area contributed by atoms with Gasteiger partial charge in [-0.3, -0.25) is 0 Å². The lowest BCUT2D eigenvalue weighted by Crippen LogP contribution is -2.36. The summed E-state index contributed by atoms with van der Waals surface area (Å²) < 4.78 is 27.5. The third-order valence-corrected chi connectivity index (χ3v) is 3.82. The van der Waals surface area contributed by atoms with Gasteiger partial charge in [-0.1, -0.05) is 56.3 Å². The molecule has 1 unspecified atom stereocenters. The molecular weight excluding hydrogens is 256 g/mol. The van der Waals surface area contributed by atoms with Gasteiger partial charge in [-0.05, 0) is 18.7 Å². The van der Waals surface area contributed by atoms with Crippen LogP contribution in [0, 0.1) is 11.6 Å². The van der Waals surface area contributed by atoms with Gasteiger partial charge in [-0.2, -0.15) is 0 Å². The van der Waals surface area contributed by atoms with Crippen molar-refractivity contribution in [2.45, 2.75) is 25.3 Å². The summed E-state index contributed by atoms with van der Waals surface area (Å²) in [5.74, 6) is -1.59. The molecule has 0 saturated heterocycles. The average molecular weight is 275 g/mol. The Balaban J connectivity index is 2.49. The highest BCUT2D eigenvalue weighted by molar-refractivity contribution is 5.32. The first kappa shape index (κ1) is 14.7. The lowest BCUT2D eigenvalue weighted by atomic mass is 9.75. The molecule has 1 N–H and O–H groups in total. The summed E-state index contributed by atoms with van der Waals surface area (Å²) in [5.41, 5.74) is 1.05. The minimum absolute atomic E-state index is 0.319. The fourth-order valence-corrected chi connectivity index (χ4v) is 2.68. The molecule has 0 heterocycles. The Bertz CT molecular complexity index is 579. The molecule has 0 saturated carbocycles. The molecule has 0 spiro atoms. The van der Waals surface area contributed by atoms with Crippen molar-refractivity contribution in [3.8, 4) is 0 Å². The van der Waals surface area contributed by atoms with Crippen LogP contribution < -0.4 is 5.32 Å². The molecule has 2 rings (SSSR count). The topological polar surface area (TPSA) is 12.0 Å². The monoisotopic (exact) mass is 275 g/mol. The fourth-order valence-electron chi connectivity index (χ4n) is 2.68. The summed E-state index contributed by atoms with van der Waals surface area (Å²) in [6.07, 6.45) is 0. The first-order valence-electron chi connectivity index (χ1n) is 6.65. The molecule has 1 atom stereocenters. The van der Waals surface area contributed by atoms with Gasteiger partial charge in [-0.15, -0.1) is 0 Å². The number of likely N-dealkylation sites (N-methyl/N-ethyl adjacent to an activating group) is 1. The summed E-state index contributed by atoms with van der Waals surface area (Å²) in [4.78, 5) is 0. The molecule has 0 fully saturated rings. The lowest BCUT2D eigenvalue weighted by Gasteiger charge is -2.35. The van der Waals surface area contributed by atoms with E-state index in [2.05, 4.69) is 5.32 Å². The molecule has 1 nitrogen and oxygen atoms in total. The molecule has 2 aromatic carbocycles. The number of halogens is 2. The summed E-state index contributed by atoms with van der Waals surface area (Å²) >= 11 is 0. The lowest BCUT2D eigenvalue weighted by molar-refractivity contribution is 0.351. The molecule has 0 aliphatic carbocycles. The van der Waals surface area contributed by atoms with Crippen molar-refractivity contribution in [2.24, 2.45) is 0 Å². The Morgan fingerprint density at radius 3 is 2.20 bits per heavy atom. The van der Waals surface area contributed by atoms with Crippen LogP contribution >= 0.6 is 0 Å². The van der Waals surface area contributed by atoms with Crippen LogP contribution in [-0.4, -0.2) is 7.05 Å². The van der Waals surface area contributed by atoms with E-state index in [-0.39, 0.29) is 11.5 Å². The predicted octanol–water partition coefficient (Wildman–Crippen LogP) is 4.20. The zero-order valence-electron chi connectivity index (χ0n) is 12.0. The van der Waals surface area contributed by atoms with E-state index in [1.54, 1.807) is 19.2 Å². The molecule has 20 heavy (non-hydrogen) atoms. The van der Waals surface area contributed by atoms with Crippen LogP contribution in [0.2, 0.25) is 0 Å². The Kier molecular flexibility index (Phi) is 4.19. The van der Waals surface area contributed by atoms with Crippen molar-refractivity contribution in [3.63, 3.8) is 0 Å². The summed E-state index contributed by atoms with van der Waals surface area (Å²) in [7, 11) is 1.76. The van der Waals surface area contributed by atoms with Crippen molar-refractivity contribution >= 4 is 0 Å². The summed E-state index contributed by atoms with van der Waals surface area (Å²) in [6, 6.07) is 13.8. The van der Waals surface area contributed by atoms with Gasteiger partial charge >= 0.3 is 0 Å². The van der Waals surface area contributed by atoms with Gasteiger partial charge in [0.05, 0.1) is 0 Å². The molecule has 106 valence electrons. The number of nitrogens with one attached hydrogen (secondary N) is 1. The molecule has 2 aromatic rings. The van der Waals surface area contributed by atoms with E-state index in [1.807, 2.05) is 44.2 Å². The molecule has 0 aliphatic heterocycles. The molecule has 0 radical (unpaired) electrons. The van der Waals surface area contributed by atoms with E-state index in [4.69, 9.17) is 0 Å². The largest absolute Gasteiger partial charge is 0.312 e. The van der Waals surface area contributed by atoms with Crippen molar-refractivity contribution in [2.75, 3.05) is 7.05 Å². The molecule has 0 bridgehead atoms. The predicted molar refractivity (Wildman–Crippen MR) is 77.6 cm³/mol. The van der Waals surface area contributed by atoms with Gasteiger partial charge in [-0.25, -0.2) is 8.78 Å². The van der Waals surface area contributed by atoms with Crippen molar-refractivity contribution < 1.29 is 8.78 Å². The number of hydrogen-bond donors (Lipinski definition) is 1. The van der Waals surface area contributed by atoms with Crippen LogP contribution in [0.25, 0.3) is 0 Å². The highest BCUT2D eigenvalue weighted by Gasteiger charge is 2.33. The molecule has 0 aromatic heterocycles. The van der Waals surface area contributed by atoms with Crippen LogP contribution in [0.15, 0.2) is 48.5 Å². The van der Waals surface area contributed by atoms with E-state index in [1.165, 1.54) is 0 Å². The molecule has 0 aliphatic rings. The van der Waals surface area contributed by atoms with Crippen LogP contribution in [0.3, 0.4) is 0 Å². The van der Waals surface area contributed by atoms with Crippen LogP contribution in [0.4, 0.5) is 8.78 Å². The smallest absolute Gasteiger partial charge is 0.163 e. The first-order valence-corrected chi connectivity index (χ1v) is 6.65. The van der Waals surface area contributed by atoms with Gasteiger partial charge < -0.3 is 5.32 Å². The van der Waals surface area contributed by atoms with E-state index >= 15 is 0 Å². The second-order valence-electron chi connectivity index (χ2n) is 5.45. The van der Waals surface area contributed by atoms with Gasteiger partial charge in [0.15, 0.2) is 11.6 Å². The highest BCUT2D eigenvalue weighted by Crippen LogP contribution is 2.37. The second kappa shape index (κ2) is 5.71. The fraction of sp³-hybridized carbons (Fsp3) is 0.294. The van der Waals surface area contributed by atoms with Crippen LogP contribution in [0.5, 0.6) is 0 Å². The van der Waals surface area contributed by atoms with Crippen LogP contribution in [0.1, 0.15) is 31.0 Å². The minimum Gasteiger partial charge on any atom is -0.312 e. The maximum absolute atomic E-state index is 14.1. The number of hydrogen-bond acceptors (Lipinski definition) is 1. The third kappa shape index (κ3) is 2.59. The number of rotatable bonds is 4. The quantitative estimate of drug-likeness (QED) is 0.881. The van der Waals surface area contributed by atoms with Crippen molar-refractivity contribution in [1.82, 2.24) is 5.32 Å². The van der Waals surface area contributed by atoms with E-state index in [9.17, 15) is 8.78 Å². The zero-order valence-corrected chi connectivity index (χ0v) is 12.0. The molecule has 3 heteroatoms. The Morgan fingerprint density at radius 1 is 0.950 bits per heavy atom. The molecular formula is C17H19F2N. The zero-order chi connectivity index (χ0) is 14.8. The maximum Gasteiger partial charge on any atom is 0.163 e. The van der Waals surface area contributed by atoms with Gasteiger partial charge in [0.2, 0.25) is 0 Å². The summed E-state index contributed by atoms with van der Waals surface area (Å²) in [5, 5.41) is 3.12. The van der Waals surface area contributed by atoms with Crippen LogP contribution in [-0.2, 0) is 5.41 Å². The second-order valence-corrected chi connectivity index (χ2v) is 5.45. The first-order chi connectivity index (χ1) is 9.48. The highest BCUT2D eigenvalue weighted by atomic mass is 19.2. The number of benzene rings is 2. The summed E-state index contributed by atoms with van der Waals surface area (Å²) in [6.45, 7) is 4.04. The SMILES string of the molecule is CNC(c1cccc(F)c1F)C(C)(C)c1ccccc1. The van der Waals surface area contributed by atoms with Crippen molar-refractivity contribution in [1.29, 1.82) is 0 Å². The maximum atomic E-state index is 14.1. The Labute approximate surface area is 118 Å². The Hall–Kier alpha value is -1.74. The normalized spacial score (nSPS) is 13.2. The molecule has 0 amide bonds. The standard InChI is InChI=1S/C17H19F2N/c1-17(2,12-8-5-4-6-9-12)16(20-3)13-10-7-11-14(18)15(13)19/h4-11,16,20H,1-3H3. The van der Waals surface area contributed by atoms with Gasteiger partial charge in [0.1, 0.15) is 0 Å². The van der Waals surface area contributed by atoms with Gasteiger partial charge in [0.25, 0.3) is 0 Å². The third-order valence-electron chi connectivity index (χ3n) is 3.82. The minimum atomic E-state index is -0.813. The van der Waals surface area contributed by atoms with E-state index in [0.29, 0.717) is 5.56 Å². The van der Waals surface area contributed by atoms with E-state index < -0.39 is 11.6 Å².